The monoisotopic (exact) mass is 359 g/mol. The Morgan fingerprint density at radius 1 is 1.21 bits per heavy atom. The molecule has 1 N–H and O–H groups in total. The maximum Gasteiger partial charge on any atom is 0.237 e. The van der Waals surface area contributed by atoms with Crippen molar-refractivity contribution in [3.05, 3.63) is 59.4 Å². The lowest BCUT2D eigenvalue weighted by atomic mass is 10.2. The van der Waals surface area contributed by atoms with Crippen LogP contribution in [0.1, 0.15) is 12.8 Å². The Kier molecular flexibility index (Phi) is 5.17. The molecule has 7 heteroatoms. The molecule has 3 rings (SSSR count). The number of hydrogen-bond donors (Lipinski definition) is 1. The number of thioether (sulfide) groups is 1. The highest BCUT2D eigenvalue weighted by Gasteiger charge is 2.11. The molecule has 3 aromatic rings. The van der Waals surface area contributed by atoms with Crippen LogP contribution >= 0.6 is 23.4 Å². The van der Waals surface area contributed by atoms with E-state index in [9.17, 15) is 4.79 Å². The van der Waals surface area contributed by atoms with Crippen LogP contribution in [0, 0.1) is 0 Å². The molecule has 122 valence electrons. The Morgan fingerprint density at radius 2 is 1.96 bits per heavy atom. The summed E-state index contributed by atoms with van der Waals surface area (Å²) < 4.78 is 5.27. The lowest BCUT2D eigenvalue weighted by Gasteiger charge is -2.03. The van der Waals surface area contributed by atoms with E-state index < -0.39 is 0 Å². The average Bonchev–Trinajstić information content (AvgIpc) is 3.03. The summed E-state index contributed by atoms with van der Waals surface area (Å²) in [7, 11) is 0. The molecule has 1 amide bonds. The molecule has 0 aliphatic carbocycles. The van der Waals surface area contributed by atoms with Gasteiger partial charge in [-0.2, -0.15) is 4.98 Å². The number of anilines is 1. The zero-order valence-corrected chi connectivity index (χ0v) is 14.4. The smallest absolute Gasteiger partial charge is 0.237 e. The van der Waals surface area contributed by atoms with Crippen molar-refractivity contribution < 1.29 is 9.32 Å². The average molecular weight is 360 g/mol. The van der Waals surface area contributed by atoms with Crippen molar-refractivity contribution in [2.45, 2.75) is 17.6 Å². The second-order valence-electron chi connectivity index (χ2n) is 4.99. The second kappa shape index (κ2) is 7.51. The lowest BCUT2D eigenvalue weighted by molar-refractivity contribution is -0.114. The molecule has 0 spiro atoms. The van der Waals surface area contributed by atoms with Gasteiger partial charge in [-0.05, 0) is 36.4 Å². The Morgan fingerprint density at radius 3 is 2.67 bits per heavy atom. The van der Waals surface area contributed by atoms with Gasteiger partial charge in [-0.1, -0.05) is 28.9 Å². The van der Waals surface area contributed by atoms with Gasteiger partial charge < -0.3 is 9.84 Å². The molecular formula is C17H14ClN3O2S. The van der Waals surface area contributed by atoms with Gasteiger partial charge in [0.05, 0.1) is 10.8 Å². The van der Waals surface area contributed by atoms with Crippen LogP contribution in [0.2, 0.25) is 5.02 Å². The molecular weight excluding hydrogens is 346 g/mol. The summed E-state index contributed by atoms with van der Waals surface area (Å²) in [5.74, 6) is 1.48. The van der Waals surface area contributed by atoms with E-state index in [0.29, 0.717) is 22.5 Å². The fraction of sp³-hybridized carbons (Fsp3) is 0.118. The normalized spacial score (nSPS) is 10.6. The van der Waals surface area contributed by atoms with Crippen molar-refractivity contribution in [1.29, 1.82) is 0 Å². The van der Waals surface area contributed by atoms with Gasteiger partial charge in [0.15, 0.2) is 0 Å². The predicted molar refractivity (Wildman–Crippen MR) is 95.1 cm³/mol. The molecule has 0 aliphatic heterocycles. The fourth-order valence-corrected chi connectivity index (χ4v) is 3.00. The van der Waals surface area contributed by atoms with Crippen LogP contribution in [-0.4, -0.2) is 16.0 Å². The topological polar surface area (TPSA) is 68.0 Å². The fourth-order valence-electron chi connectivity index (χ4n) is 2.05. The molecule has 0 saturated heterocycles. The number of benzene rings is 2. The van der Waals surface area contributed by atoms with Crippen molar-refractivity contribution in [1.82, 2.24) is 10.1 Å². The van der Waals surface area contributed by atoms with Crippen LogP contribution in [0.15, 0.2) is 57.9 Å². The Hall–Kier alpha value is -2.31. The number of hydrogen-bond acceptors (Lipinski definition) is 5. The van der Waals surface area contributed by atoms with Crippen LogP contribution in [0.3, 0.4) is 0 Å². The summed E-state index contributed by atoms with van der Waals surface area (Å²) in [6.07, 6.45) is 0. The van der Waals surface area contributed by atoms with Crippen LogP contribution < -0.4 is 5.32 Å². The standard InChI is InChI=1S/C17H14ClN3O2S/c1-11(22)19-12-6-8-13(9-7-12)24-10-16-20-17(21-23-16)14-4-2-3-5-15(14)18/h2-9H,10H2,1H3,(H,19,22). The van der Waals surface area contributed by atoms with Crippen LogP contribution in [0.25, 0.3) is 11.4 Å². The molecule has 0 saturated carbocycles. The Bertz CT molecular complexity index is 849. The van der Waals surface area contributed by atoms with Gasteiger partial charge in [-0.3, -0.25) is 4.79 Å². The summed E-state index contributed by atoms with van der Waals surface area (Å²) in [5, 5.41) is 7.29. The van der Waals surface area contributed by atoms with Gasteiger partial charge >= 0.3 is 0 Å². The molecule has 0 radical (unpaired) electrons. The number of amides is 1. The highest BCUT2D eigenvalue weighted by molar-refractivity contribution is 7.98. The first kappa shape index (κ1) is 16.5. The molecule has 24 heavy (non-hydrogen) atoms. The Balaban J connectivity index is 1.63. The van der Waals surface area contributed by atoms with Crippen LogP contribution in [0.4, 0.5) is 5.69 Å². The number of rotatable bonds is 5. The quantitative estimate of drug-likeness (QED) is 0.672. The summed E-state index contributed by atoms with van der Waals surface area (Å²) in [5.41, 5.74) is 1.52. The molecule has 0 fully saturated rings. The molecule has 5 nitrogen and oxygen atoms in total. The minimum atomic E-state index is -0.0895. The van der Waals surface area contributed by atoms with E-state index >= 15 is 0 Å². The minimum absolute atomic E-state index is 0.0895. The van der Waals surface area contributed by atoms with E-state index in [0.717, 1.165) is 16.1 Å². The summed E-state index contributed by atoms with van der Waals surface area (Å²) in [4.78, 5) is 16.4. The van der Waals surface area contributed by atoms with Gasteiger partial charge in [-0.15, -0.1) is 11.8 Å². The number of halogens is 1. The largest absolute Gasteiger partial charge is 0.338 e. The third kappa shape index (κ3) is 4.15. The third-order valence-electron chi connectivity index (χ3n) is 3.12. The number of aromatic nitrogens is 2. The number of nitrogens with one attached hydrogen (secondary N) is 1. The lowest BCUT2D eigenvalue weighted by Crippen LogP contribution is -2.05. The van der Waals surface area contributed by atoms with Crippen molar-refractivity contribution >= 4 is 35.0 Å². The number of carbonyl (C=O) groups excluding carboxylic acids is 1. The highest BCUT2D eigenvalue weighted by Crippen LogP contribution is 2.27. The molecule has 0 unspecified atom stereocenters. The first-order valence-corrected chi connectivity index (χ1v) is 8.56. The van der Waals surface area contributed by atoms with Crippen molar-refractivity contribution in [3.63, 3.8) is 0 Å². The van der Waals surface area contributed by atoms with E-state index in [-0.39, 0.29) is 5.91 Å². The molecule has 0 atom stereocenters. The predicted octanol–water partition coefficient (Wildman–Crippen LogP) is 4.64. The summed E-state index contributed by atoms with van der Waals surface area (Å²) in [6.45, 7) is 1.48. The zero-order chi connectivity index (χ0) is 16.9. The summed E-state index contributed by atoms with van der Waals surface area (Å²) >= 11 is 7.71. The maximum absolute atomic E-state index is 11.0. The molecule has 0 bridgehead atoms. The number of nitrogens with zero attached hydrogens (tertiary/aromatic N) is 2. The van der Waals surface area contributed by atoms with Gasteiger partial charge in [-0.25, -0.2) is 0 Å². The van der Waals surface area contributed by atoms with Crippen molar-refractivity contribution in [2.75, 3.05) is 5.32 Å². The van der Waals surface area contributed by atoms with Gasteiger partial charge in [0.1, 0.15) is 0 Å². The highest BCUT2D eigenvalue weighted by atomic mass is 35.5. The van der Waals surface area contributed by atoms with Gasteiger partial charge in [0.2, 0.25) is 17.6 Å². The van der Waals surface area contributed by atoms with E-state index in [1.807, 2.05) is 42.5 Å². The van der Waals surface area contributed by atoms with E-state index in [1.54, 1.807) is 17.8 Å². The second-order valence-corrected chi connectivity index (χ2v) is 6.44. The van der Waals surface area contributed by atoms with E-state index in [2.05, 4.69) is 15.5 Å². The van der Waals surface area contributed by atoms with Gasteiger partial charge in [0.25, 0.3) is 0 Å². The van der Waals surface area contributed by atoms with Crippen molar-refractivity contribution in [2.24, 2.45) is 0 Å². The van der Waals surface area contributed by atoms with E-state index in [1.165, 1.54) is 6.92 Å². The molecule has 1 heterocycles. The minimum Gasteiger partial charge on any atom is -0.338 e. The molecule has 1 aromatic heterocycles. The Labute approximate surface area is 148 Å². The zero-order valence-electron chi connectivity index (χ0n) is 12.8. The first-order chi connectivity index (χ1) is 11.6. The van der Waals surface area contributed by atoms with Gasteiger partial charge in [0, 0.05) is 23.1 Å². The van der Waals surface area contributed by atoms with E-state index in [4.69, 9.17) is 16.1 Å². The maximum atomic E-state index is 11.0. The van der Waals surface area contributed by atoms with Crippen molar-refractivity contribution in [3.8, 4) is 11.4 Å². The van der Waals surface area contributed by atoms with Crippen LogP contribution in [0.5, 0.6) is 0 Å². The van der Waals surface area contributed by atoms with Crippen LogP contribution in [-0.2, 0) is 10.5 Å². The summed E-state index contributed by atoms with van der Waals surface area (Å²) in [6, 6.07) is 14.9. The molecule has 0 aliphatic rings. The number of carbonyl (C=O) groups is 1. The molecule has 2 aromatic carbocycles. The third-order valence-corrected chi connectivity index (χ3v) is 4.45. The first-order valence-electron chi connectivity index (χ1n) is 7.20. The SMILES string of the molecule is CC(=O)Nc1ccc(SCc2nc(-c3ccccc3Cl)no2)cc1.